The van der Waals surface area contributed by atoms with E-state index in [1.807, 2.05) is 6.07 Å². The number of nitrogens with one attached hydrogen (secondary N) is 1. The number of hydrogen-bond donors (Lipinski definition) is 2. The molecule has 3 N–H and O–H groups in total. The van der Waals surface area contributed by atoms with Crippen molar-refractivity contribution >= 4 is 5.91 Å². The zero-order chi connectivity index (χ0) is 23.2. The largest absolute Gasteiger partial charge is 0.353 e. The van der Waals surface area contributed by atoms with Crippen molar-refractivity contribution in [3.8, 4) is 0 Å². The van der Waals surface area contributed by atoms with Gasteiger partial charge in [-0.2, -0.15) is 5.06 Å². The van der Waals surface area contributed by atoms with Crippen LogP contribution in [0.15, 0.2) is 60.7 Å². The highest BCUT2D eigenvalue weighted by Crippen LogP contribution is 2.62. The molecule has 2 aliphatic heterocycles. The van der Waals surface area contributed by atoms with Gasteiger partial charge in [-0.25, -0.2) is 0 Å². The summed E-state index contributed by atoms with van der Waals surface area (Å²) in [6.07, 6.45) is 8.91. The molecule has 180 valence electrons. The van der Waals surface area contributed by atoms with E-state index < -0.39 is 0 Å². The Morgan fingerprint density at radius 2 is 1.53 bits per heavy atom. The van der Waals surface area contributed by atoms with Gasteiger partial charge in [-0.3, -0.25) is 9.63 Å². The van der Waals surface area contributed by atoms with E-state index in [0.29, 0.717) is 12.6 Å². The maximum absolute atomic E-state index is 13.9. The van der Waals surface area contributed by atoms with Gasteiger partial charge in [0, 0.05) is 24.2 Å². The monoisotopic (exact) mass is 459 g/mol. The van der Waals surface area contributed by atoms with Crippen molar-refractivity contribution in [1.82, 2.24) is 10.4 Å². The zero-order valence-electron chi connectivity index (χ0n) is 20.0. The average molecular weight is 460 g/mol. The maximum Gasteiger partial charge on any atom is 0.226 e. The van der Waals surface area contributed by atoms with E-state index in [1.54, 1.807) is 0 Å². The van der Waals surface area contributed by atoms with Crippen LogP contribution in [-0.4, -0.2) is 35.1 Å². The van der Waals surface area contributed by atoms with Crippen LogP contribution in [0.5, 0.6) is 0 Å². The lowest BCUT2D eigenvalue weighted by molar-refractivity contribution is -0.289. The van der Waals surface area contributed by atoms with Crippen molar-refractivity contribution in [2.45, 2.75) is 94.0 Å². The SMILES string of the molecule is N[C@H]1CC[C@H](NC(=O)C23CC4CC(c5ccccc5)(CC(C2)N4OCc2ccccc2)C3)CC1. The minimum absolute atomic E-state index is 0.0615. The van der Waals surface area contributed by atoms with Gasteiger partial charge in [0.25, 0.3) is 0 Å². The molecule has 3 saturated carbocycles. The Hall–Kier alpha value is -2.21. The molecule has 0 aromatic heterocycles. The van der Waals surface area contributed by atoms with E-state index in [9.17, 15) is 4.79 Å². The summed E-state index contributed by atoms with van der Waals surface area (Å²) in [4.78, 5) is 20.4. The van der Waals surface area contributed by atoms with Crippen LogP contribution in [0, 0.1) is 5.41 Å². The molecule has 5 fully saturated rings. The molecule has 0 radical (unpaired) electrons. The molecular formula is C29H37N3O2. The second kappa shape index (κ2) is 8.78. The normalized spacial score (nSPS) is 37.0. The average Bonchev–Trinajstić information content (AvgIpc) is 2.86. The highest BCUT2D eigenvalue weighted by Gasteiger charge is 2.64. The van der Waals surface area contributed by atoms with Crippen LogP contribution >= 0.6 is 0 Å². The van der Waals surface area contributed by atoms with Crippen LogP contribution in [0.2, 0.25) is 0 Å². The lowest BCUT2D eigenvalue weighted by atomic mass is 9.47. The minimum atomic E-state index is -0.298. The quantitative estimate of drug-likeness (QED) is 0.669. The molecule has 2 unspecified atom stereocenters. The van der Waals surface area contributed by atoms with Crippen LogP contribution in [0.4, 0.5) is 0 Å². The van der Waals surface area contributed by atoms with Gasteiger partial charge < -0.3 is 11.1 Å². The van der Waals surface area contributed by atoms with Crippen molar-refractivity contribution in [3.05, 3.63) is 71.8 Å². The van der Waals surface area contributed by atoms with Gasteiger partial charge >= 0.3 is 0 Å². The molecule has 7 rings (SSSR count). The molecule has 2 atom stereocenters. The van der Waals surface area contributed by atoms with Crippen LogP contribution in [0.3, 0.4) is 0 Å². The van der Waals surface area contributed by atoms with Gasteiger partial charge in [0.15, 0.2) is 0 Å². The van der Waals surface area contributed by atoms with Gasteiger partial charge in [0.05, 0.1) is 12.0 Å². The van der Waals surface area contributed by atoms with Gasteiger partial charge in [-0.1, -0.05) is 60.7 Å². The number of hydroxylamine groups is 2. The van der Waals surface area contributed by atoms with Gasteiger partial charge in [-0.05, 0) is 74.3 Å². The number of carbonyl (C=O) groups is 1. The van der Waals surface area contributed by atoms with Crippen molar-refractivity contribution < 1.29 is 9.63 Å². The fourth-order valence-corrected chi connectivity index (χ4v) is 7.64. The molecule has 4 bridgehead atoms. The summed E-state index contributed by atoms with van der Waals surface area (Å²) in [6.45, 7) is 0.591. The van der Waals surface area contributed by atoms with E-state index in [2.05, 4.69) is 65.0 Å². The van der Waals surface area contributed by atoms with E-state index in [1.165, 1.54) is 11.1 Å². The summed E-state index contributed by atoms with van der Waals surface area (Å²) in [5.41, 5.74) is 8.46. The van der Waals surface area contributed by atoms with Crippen LogP contribution < -0.4 is 11.1 Å². The van der Waals surface area contributed by atoms with Crippen molar-refractivity contribution in [1.29, 1.82) is 0 Å². The van der Waals surface area contributed by atoms with E-state index in [0.717, 1.165) is 57.8 Å². The van der Waals surface area contributed by atoms with Crippen LogP contribution in [-0.2, 0) is 21.7 Å². The van der Waals surface area contributed by atoms with E-state index in [4.69, 9.17) is 10.6 Å². The number of carbonyl (C=O) groups excluding carboxylic acids is 1. The molecule has 2 aromatic rings. The third kappa shape index (κ3) is 3.98. The third-order valence-electron chi connectivity index (χ3n) is 9.10. The molecule has 2 heterocycles. The number of nitrogens with two attached hydrogens (primary N) is 1. The summed E-state index contributed by atoms with van der Waals surface area (Å²) in [5, 5.41) is 5.76. The molecule has 0 spiro atoms. The Morgan fingerprint density at radius 3 is 2.18 bits per heavy atom. The maximum atomic E-state index is 13.9. The van der Waals surface area contributed by atoms with Crippen molar-refractivity contribution in [3.63, 3.8) is 0 Å². The topological polar surface area (TPSA) is 67.6 Å². The highest BCUT2D eigenvalue weighted by atomic mass is 16.7. The molecule has 3 aliphatic carbocycles. The minimum Gasteiger partial charge on any atom is -0.353 e. The first-order chi connectivity index (χ1) is 16.6. The number of piperidine rings is 2. The number of hydrogen-bond acceptors (Lipinski definition) is 4. The second-order valence-electron chi connectivity index (χ2n) is 11.4. The summed E-state index contributed by atoms with van der Waals surface area (Å²) in [6, 6.07) is 22.5. The summed E-state index contributed by atoms with van der Waals surface area (Å²) in [5.74, 6) is 0.283. The van der Waals surface area contributed by atoms with Crippen LogP contribution in [0.25, 0.3) is 0 Å². The number of nitrogens with zero attached hydrogens (tertiary/aromatic N) is 1. The van der Waals surface area contributed by atoms with E-state index in [-0.39, 0.29) is 34.9 Å². The van der Waals surface area contributed by atoms with E-state index >= 15 is 0 Å². The third-order valence-corrected chi connectivity index (χ3v) is 9.10. The predicted octanol–water partition coefficient (Wildman–Crippen LogP) is 4.46. The number of amides is 1. The predicted molar refractivity (Wildman–Crippen MR) is 133 cm³/mol. The molecule has 2 saturated heterocycles. The zero-order valence-corrected chi connectivity index (χ0v) is 20.0. The standard InChI is InChI=1S/C29H37N3O2/c30-23-11-13-24(14-12-23)31-27(33)29-17-25-15-28(20-29,22-9-5-2-6-10-22)16-26(18-29)32(25)34-19-21-7-3-1-4-8-21/h1-10,23-26H,11-20,30H2,(H,31,33)/t23-,24-,25?,26?,28?,29?. The Morgan fingerprint density at radius 1 is 0.912 bits per heavy atom. The molecular weight excluding hydrogens is 422 g/mol. The molecule has 2 aromatic carbocycles. The van der Waals surface area contributed by atoms with Crippen molar-refractivity contribution in [2.24, 2.45) is 11.1 Å². The molecule has 5 heteroatoms. The Balaban J connectivity index is 1.25. The summed E-state index contributed by atoms with van der Waals surface area (Å²) >= 11 is 0. The second-order valence-corrected chi connectivity index (χ2v) is 11.4. The molecule has 34 heavy (non-hydrogen) atoms. The Kier molecular flexibility index (Phi) is 5.75. The first-order valence-electron chi connectivity index (χ1n) is 13.1. The Labute approximate surface area is 203 Å². The van der Waals surface area contributed by atoms with Crippen molar-refractivity contribution in [2.75, 3.05) is 0 Å². The Bertz CT molecular complexity index is 987. The van der Waals surface area contributed by atoms with Gasteiger partial charge in [0.1, 0.15) is 0 Å². The van der Waals surface area contributed by atoms with Crippen LogP contribution in [0.1, 0.15) is 68.9 Å². The molecule has 5 aliphatic rings. The number of rotatable bonds is 6. The first kappa shape index (κ1) is 22.3. The molecule has 5 nitrogen and oxygen atoms in total. The fourth-order valence-electron chi connectivity index (χ4n) is 7.64. The lowest BCUT2D eigenvalue weighted by Crippen LogP contribution is -2.69. The molecule has 1 amide bonds. The summed E-state index contributed by atoms with van der Waals surface area (Å²) in [7, 11) is 0. The lowest BCUT2D eigenvalue weighted by Gasteiger charge is -2.64. The first-order valence-corrected chi connectivity index (χ1v) is 13.1. The number of benzene rings is 2. The fraction of sp³-hybridized carbons (Fsp3) is 0.552. The smallest absolute Gasteiger partial charge is 0.226 e. The summed E-state index contributed by atoms with van der Waals surface area (Å²) < 4.78 is 0. The highest BCUT2D eigenvalue weighted by molar-refractivity contribution is 5.84. The van der Waals surface area contributed by atoms with Gasteiger partial charge in [0.2, 0.25) is 5.91 Å². The van der Waals surface area contributed by atoms with Gasteiger partial charge in [-0.15, -0.1) is 0 Å².